The van der Waals surface area contributed by atoms with Gasteiger partial charge in [0, 0.05) is 53.9 Å². The van der Waals surface area contributed by atoms with Gasteiger partial charge in [0.25, 0.3) is 0 Å². The first-order valence-corrected chi connectivity index (χ1v) is 18.8. The number of rotatable bonds is 7. The van der Waals surface area contributed by atoms with Crippen molar-refractivity contribution in [1.82, 2.24) is 15.0 Å². The third-order valence-corrected chi connectivity index (χ3v) is 11.0. The molecule has 8 aromatic carbocycles. The number of anilines is 3. The summed E-state index contributed by atoms with van der Waals surface area (Å²) < 4.78 is 2.39. The molecule has 54 heavy (non-hydrogen) atoms. The summed E-state index contributed by atoms with van der Waals surface area (Å²) in [6.45, 7) is 0. The molecule has 2 aromatic heterocycles. The lowest BCUT2D eigenvalue weighted by atomic mass is 10.0. The number of hydrogen-bond acceptors (Lipinski definition) is 5. The van der Waals surface area contributed by atoms with Gasteiger partial charge in [-0.15, -0.1) is 11.3 Å². The third-order valence-electron chi connectivity index (χ3n) is 9.90. The van der Waals surface area contributed by atoms with Gasteiger partial charge in [-0.1, -0.05) is 146 Å². The average molecular weight is 709 g/mol. The molecule has 0 bridgehead atoms. The SMILES string of the molecule is c1ccc(-c2ccc(N(c3ccccc3)c3ccc4c(c3)sc3cccc(-c5nc(-c6ccccc6)nc(-c6ccc7ccccc7c6)n5)c34)cc2)cc1. The van der Waals surface area contributed by atoms with E-state index in [0.717, 1.165) is 44.5 Å². The van der Waals surface area contributed by atoms with E-state index in [4.69, 9.17) is 15.0 Å². The van der Waals surface area contributed by atoms with Gasteiger partial charge in [-0.25, -0.2) is 15.0 Å². The van der Waals surface area contributed by atoms with E-state index in [2.05, 4.69) is 181 Å². The fraction of sp³-hybridized carbons (Fsp3) is 0. The van der Waals surface area contributed by atoms with Crippen LogP contribution in [0.3, 0.4) is 0 Å². The zero-order chi connectivity index (χ0) is 35.8. The van der Waals surface area contributed by atoms with Crippen LogP contribution in [0.25, 0.3) is 76.2 Å². The van der Waals surface area contributed by atoms with Gasteiger partial charge in [-0.2, -0.15) is 0 Å². The summed E-state index contributed by atoms with van der Waals surface area (Å²) >= 11 is 1.80. The lowest BCUT2D eigenvalue weighted by Gasteiger charge is -2.25. The largest absolute Gasteiger partial charge is 0.310 e. The predicted molar refractivity (Wildman–Crippen MR) is 227 cm³/mol. The van der Waals surface area contributed by atoms with Crippen LogP contribution in [0.4, 0.5) is 17.1 Å². The number of benzene rings is 8. The molecule has 0 aliphatic carbocycles. The summed E-state index contributed by atoms with van der Waals surface area (Å²) in [7, 11) is 0. The summed E-state index contributed by atoms with van der Waals surface area (Å²) in [5.74, 6) is 1.96. The first-order chi connectivity index (χ1) is 26.7. The van der Waals surface area contributed by atoms with E-state index in [0.29, 0.717) is 17.5 Å². The Bertz CT molecular complexity index is 2920. The Hall–Kier alpha value is -6.95. The minimum Gasteiger partial charge on any atom is -0.310 e. The molecule has 0 saturated heterocycles. The minimum absolute atomic E-state index is 0.652. The first-order valence-electron chi connectivity index (χ1n) is 18.0. The Balaban J connectivity index is 1.11. The van der Waals surface area contributed by atoms with E-state index >= 15 is 0 Å². The smallest absolute Gasteiger partial charge is 0.164 e. The van der Waals surface area contributed by atoms with E-state index in [1.165, 1.54) is 31.3 Å². The molecule has 4 nitrogen and oxygen atoms in total. The lowest BCUT2D eigenvalue weighted by molar-refractivity contribution is 1.08. The van der Waals surface area contributed by atoms with Gasteiger partial charge in [0.2, 0.25) is 0 Å². The molecule has 0 aliphatic heterocycles. The fourth-order valence-electron chi connectivity index (χ4n) is 7.27. The number of nitrogens with zero attached hydrogens (tertiary/aromatic N) is 4. The standard InChI is InChI=1S/C49H32N4S/c1-4-13-33(14-5-1)35-25-27-40(28-26-35)53(39-19-8-3-9-20-39)41-29-30-42-45(32-41)54-44-22-12-21-43(46(42)44)49-51-47(36-16-6-2-7-17-36)50-48(52-49)38-24-23-34-15-10-11-18-37(34)31-38/h1-32H. The fourth-order valence-corrected chi connectivity index (χ4v) is 8.43. The molecule has 0 atom stereocenters. The quantitative estimate of drug-likeness (QED) is 0.165. The highest BCUT2D eigenvalue weighted by molar-refractivity contribution is 7.26. The van der Waals surface area contributed by atoms with Gasteiger partial charge >= 0.3 is 0 Å². The number of aromatic nitrogens is 3. The van der Waals surface area contributed by atoms with Gasteiger partial charge in [-0.05, 0) is 70.4 Å². The first kappa shape index (κ1) is 31.8. The van der Waals surface area contributed by atoms with Crippen molar-refractivity contribution in [1.29, 1.82) is 0 Å². The summed E-state index contributed by atoms with van der Waals surface area (Å²) in [6, 6.07) is 68.1. The van der Waals surface area contributed by atoms with Crippen LogP contribution >= 0.6 is 11.3 Å². The molecule has 10 rings (SSSR count). The highest BCUT2D eigenvalue weighted by Crippen LogP contribution is 2.43. The monoisotopic (exact) mass is 708 g/mol. The minimum atomic E-state index is 0.652. The van der Waals surface area contributed by atoms with Crippen LogP contribution in [0.2, 0.25) is 0 Å². The number of hydrogen-bond donors (Lipinski definition) is 0. The van der Waals surface area contributed by atoms with Crippen molar-refractivity contribution in [3.05, 3.63) is 194 Å². The molecular weight excluding hydrogens is 677 g/mol. The van der Waals surface area contributed by atoms with Gasteiger partial charge in [-0.3, -0.25) is 0 Å². The van der Waals surface area contributed by atoms with E-state index in [1.54, 1.807) is 11.3 Å². The van der Waals surface area contributed by atoms with Gasteiger partial charge in [0.15, 0.2) is 17.5 Å². The Kier molecular flexibility index (Phi) is 7.97. The molecule has 0 spiro atoms. The highest BCUT2D eigenvalue weighted by atomic mass is 32.1. The van der Waals surface area contributed by atoms with Crippen molar-refractivity contribution in [2.24, 2.45) is 0 Å². The molecular formula is C49H32N4S. The molecule has 254 valence electrons. The van der Waals surface area contributed by atoms with Crippen LogP contribution in [0.15, 0.2) is 194 Å². The molecule has 5 heteroatoms. The maximum atomic E-state index is 5.17. The Morgan fingerprint density at radius 3 is 1.69 bits per heavy atom. The second kappa shape index (κ2) is 13.6. The van der Waals surface area contributed by atoms with E-state index in [9.17, 15) is 0 Å². The Morgan fingerprint density at radius 2 is 0.926 bits per heavy atom. The molecule has 0 aliphatic rings. The second-order valence-electron chi connectivity index (χ2n) is 13.3. The Morgan fingerprint density at radius 1 is 0.352 bits per heavy atom. The zero-order valence-electron chi connectivity index (χ0n) is 29.2. The number of para-hydroxylation sites is 1. The van der Waals surface area contributed by atoms with Crippen LogP contribution in [0.1, 0.15) is 0 Å². The highest BCUT2D eigenvalue weighted by Gasteiger charge is 2.19. The maximum absolute atomic E-state index is 5.17. The molecule has 0 radical (unpaired) electrons. The van der Waals surface area contributed by atoms with Crippen molar-refractivity contribution in [2.45, 2.75) is 0 Å². The zero-order valence-corrected chi connectivity index (χ0v) is 30.0. The molecule has 0 fully saturated rings. The van der Waals surface area contributed by atoms with Gasteiger partial charge in [0.1, 0.15) is 0 Å². The van der Waals surface area contributed by atoms with Crippen molar-refractivity contribution >= 4 is 59.3 Å². The third kappa shape index (κ3) is 5.87. The summed E-state index contributed by atoms with van der Waals surface area (Å²) in [6.07, 6.45) is 0. The normalized spacial score (nSPS) is 11.3. The van der Waals surface area contributed by atoms with Crippen molar-refractivity contribution in [2.75, 3.05) is 4.90 Å². The van der Waals surface area contributed by atoms with E-state index in [1.807, 2.05) is 18.2 Å². The van der Waals surface area contributed by atoms with E-state index in [-0.39, 0.29) is 0 Å². The molecule has 0 amide bonds. The molecule has 2 heterocycles. The average Bonchev–Trinajstić information content (AvgIpc) is 3.63. The summed E-state index contributed by atoms with van der Waals surface area (Å²) in [5, 5.41) is 4.66. The summed E-state index contributed by atoms with van der Waals surface area (Å²) in [4.78, 5) is 17.6. The maximum Gasteiger partial charge on any atom is 0.164 e. The van der Waals surface area contributed by atoms with Gasteiger partial charge < -0.3 is 4.90 Å². The second-order valence-corrected chi connectivity index (χ2v) is 14.4. The Labute approximate surface area is 317 Å². The molecule has 0 saturated carbocycles. The summed E-state index contributed by atoms with van der Waals surface area (Å²) in [5.41, 5.74) is 8.60. The predicted octanol–water partition coefficient (Wildman–Crippen LogP) is 13.5. The van der Waals surface area contributed by atoms with Crippen LogP contribution in [0.5, 0.6) is 0 Å². The van der Waals surface area contributed by atoms with Crippen molar-refractivity contribution in [3.63, 3.8) is 0 Å². The van der Waals surface area contributed by atoms with Crippen LogP contribution in [0, 0.1) is 0 Å². The molecule has 10 aromatic rings. The number of fused-ring (bicyclic) bond motifs is 4. The van der Waals surface area contributed by atoms with E-state index < -0.39 is 0 Å². The van der Waals surface area contributed by atoms with Crippen LogP contribution in [-0.2, 0) is 0 Å². The number of thiophene rings is 1. The molecule has 0 N–H and O–H groups in total. The lowest BCUT2D eigenvalue weighted by Crippen LogP contribution is -2.09. The van der Waals surface area contributed by atoms with Crippen LogP contribution in [-0.4, -0.2) is 15.0 Å². The van der Waals surface area contributed by atoms with Crippen molar-refractivity contribution in [3.8, 4) is 45.3 Å². The van der Waals surface area contributed by atoms with Gasteiger partial charge in [0.05, 0.1) is 0 Å². The van der Waals surface area contributed by atoms with Crippen molar-refractivity contribution < 1.29 is 0 Å². The molecule has 0 unspecified atom stereocenters. The topological polar surface area (TPSA) is 41.9 Å². The van der Waals surface area contributed by atoms with Crippen LogP contribution < -0.4 is 4.90 Å².